The van der Waals surface area contributed by atoms with Gasteiger partial charge in [0.2, 0.25) is 0 Å². The van der Waals surface area contributed by atoms with E-state index in [0.29, 0.717) is 12.1 Å². The molecule has 6 nitrogen and oxygen atoms in total. The van der Waals surface area contributed by atoms with E-state index in [1.807, 2.05) is 0 Å². The van der Waals surface area contributed by atoms with Gasteiger partial charge in [0.15, 0.2) is 5.76 Å². The summed E-state index contributed by atoms with van der Waals surface area (Å²) in [5.74, 6) is -1.45. The summed E-state index contributed by atoms with van der Waals surface area (Å²) in [5, 5.41) is 11.6. The number of aryl methyl sites for hydroxylation is 1. The summed E-state index contributed by atoms with van der Waals surface area (Å²) in [6.07, 6.45) is -2.23. The number of hydrogen-bond donors (Lipinski definition) is 2. The number of ether oxygens (including phenoxy) is 1. The van der Waals surface area contributed by atoms with Gasteiger partial charge in [-0.25, -0.2) is 13.6 Å². The second-order valence-corrected chi connectivity index (χ2v) is 4.79. The monoisotopic (exact) mass is 339 g/mol. The van der Waals surface area contributed by atoms with Crippen molar-refractivity contribution in [2.75, 3.05) is 11.9 Å². The summed E-state index contributed by atoms with van der Waals surface area (Å²) in [6, 6.07) is 6.97. The lowest BCUT2D eigenvalue weighted by molar-refractivity contribution is 0.0694. The van der Waals surface area contributed by atoms with Crippen LogP contribution in [0, 0.1) is 0 Å². The Hall–Kier alpha value is -2.90. The van der Waals surface area contributed by atoms with E-state index in [4.69, 9.17) is 14.3 Å². The molecule has 0 bridgehead atoms. The number of carbonyl (C=O) groups excluding carboxylic acids is 1. The number of alkyl halides is 2. The molecule has 0 aliphatic carbocycles. The van der Waals surface area contributed by atoms with Crippen molar-refractivity contribution in [3.8, 4) is 5.75 Å². The van der Waals surface area contributed by atoms with Gasteiger partial charge in [0.05, 0.1) is 0 Å². The molecule has 2 N–H and O–H groups in total. The number of amides is 1. The van der Waals surface area contributed by atoms with Crippen LogP contribution in [0.25, 0.3) is 0 Å². The van der Waals surface area contributed by atoms with Crippen molar-refractivity contribution in [1.29, 1.82) is 0 Å². The van der Waals surface area contributed by atoms with E-state index in [9.17, 15) is 18.4 Å². The third-order valence-electron chi connectivity index (χ3n) is 3.07. The number of anilines is 1. The van der Waals surface area contributed by atoms with Gasteiger partial charge in [0.25, 0.3) is 12.3 Å². The maximum atomic E-state index is 12.1. The molecular weight excluding hydrogens is 324 g/mol. The zero-order chi connectivity index (χ0) is 17.7. The molecule has 1 amide bonds. The molecule has 1 heterocycles. The number of carboxylic acids is 1. The molecular formula is C16H15F2NO5. The molecule has 2 aromatic rings. The summed E-state index contributed by atoms with van der Waals surface area (Å²) in [6.45, 7) is 1.00. The standard InChI is InChI=1S/C16H15F2NO5/c1-2-12-11(16(21)22)7-13(24-12)15(20)19-9-3-5-10(6-4-9)23-8-14(17)18/h3-7,14H,2,8H2,1H3,(H,19,20)(H,21,22). The highest BCUT2D eigenvalue weighted by Gasteiger charge is 2.20. The molecule has 0 saturated heterocycles. The van der Waals surface area contributed by atoms with E-state index in [1.165, 1.54) is 24.3 Å². The molecule has 8 heteroatoms. The van der Waals surface area contributed by atoms with Crippen LogP contribution in [0.2, 0.25) is 0 Å². The Balaban J connectivity index is 2.05. The van der Waals surface area contributed by atoms with E-state index in [0.717, 1.165) is 6.07 Å². The largest absolute Gasteiger partial charge is 0.488 e. The number of halogens is 2. The van der Waals surface area contributed by atoms with E-state index in [-0.39, 0.29) is 22.8 Å². The lowest BCUT2D eigenvalue weighted by atomic mass is 10.2. The quantitative estimate of drug-likeness (QED) is 0.807. The molecule has 0 aliphatic rings. The summed E-state index contributed by atoms with van der Waals surface area (Å²) < 4.78 is 34.2. The van der Waals surface area contributed by atoms with E-state index < -0.39 is 24.9 Å². The summed E-state index contributed by atoms with van der Waals surface area (Å²) in [7, 11) is 0. The first-order valence-corrected chi connectivity index (χ1v) is 7.09. The van der Waals surface area contributed by atoms with Gasteiger partial charge in [-0.1, -0.05) is 6.92 Å². The molecule has 0 spiro atoms. The third kappa shape index (κ3) is 4.31. The zero-order valence-corrected chi connectivity index (χ0v) is 12.7. The van der Waals surface area contributed by atoms with Gasteiger partial charge in [-0.05, 0) is 24.3 Å². The minimum absolute atomic E-state index is 0.0570. The molecule has 0 fully saturated rings. The van der Waals surface area contributed by atoms with Crippen molar-refractivity contribution >= 4 is 17.6 Å². The predicted molar refractivity (Wildman–Crippen MR) is 80.9 cm³/mol. The lowest BCUT2D eigenvalue weighted by Gasteiger charge is -2.07. The Bertz CT molecular complexity index is 725. The minimum Gasteiger partial charge on any atom is -0.488 e. The van der Waals surface area contributed by atoms with Gasteiger partial charge >= 0.3 is 5.97 Å². The molecule has 0 atom stereocenters. The number of carboxylic acid groups (broad SMARTS) is 1. The van der Waals surface area contributed by atoms with Gasteiger partial charge in [0, 0.05) is 18.2 Å². The maximum Gasteiger partial charge on any atom is 0.339 e. The third-order valence-corrected chi connectivity index (χ3v) is 3.07. The Morgan fingerprint density at radius 1 is 1.29 bits per heavy atom. The molecule has 0 unspecified atom stereocenters. The first-order chi connectivity index (χ1) is 11.4. The summed E-state index contributed by atoms with van der Waals surface area (Å²) in [5.41, 5.74) is 0.328. The molecule has 2 rings (SSSR count). The van der Waals surface area contributed by atoms with Gasteiger partial charge in [0.1, 0.15) is 23.7 Å². The number of hydrogen-bond acceptors (Lipinski definition) is 4. The van der Waals surface area contributed by atoms with Gasteiger partial charge in [-0.2, -0.15) is 0 Å². The van der Waals surface area contributed by atoms with Gasteiger partial charge in [-0.15, -0.1) is 0 Å². The van der Waals surface area contributed by atoms with Crippen molar-refractivity contribution in [2.45, 2.75) is 19.8 Å². The lowest BCUT2D eigenvalue weighted by Crippen LogP contribution is -2.11. The highest BCUT2D eigenvalue weighted by Crippen LogP contribution is 2.20. The number of nitrogens with one attached hydrogen (secondary N) is 1. The topological polar surface area (TPSA) is 88.8 Å². The second-order valence-electron chi connectivity index (χ2n) is 4.79. The number of furan rings is 1. The van der Waals surface area contributed by atoms with Gasteiger partial charge in [-0.3, -0.25) is 4.79 Å². The van der Waals surface area contributed by atoms with Crippen molar-refractivity contribution in [3.05, 3.63) is 47.4 Å². The van der Waals surface area contributed by atoms with E-state index in [2.05, 4.69) is 5.32 Å². The Morgan fingerprint density at radius 3 is 2.46 bits per heavy atom. The normalized spacial score (nSPS) is 10.7. The molecule has 1 aromatic carbocycles. The maximum absolute atomic E-state index is 12.1. The van der Waals surface area contributed by atoms with Crippen LogP contribution >= 0.6 is 0 Å². The predicted octanol–water partition coefficient (Wildman–Crippen LogP) is 3.44. The second kappa shape index (κ2) is 7.58. The highest BCUT2D eigenvalue weighted by atomic mass is 19.3. The van der Waals surface area contributed by atoms with Crippen LogP contribution < -0.4 is 10.1 Å². The van der Waals surface area contributed by atoms with Crippen LogP contribution in [0.15, 0.2) is 34.7 Å². The Kier molecular flexibility index (Phi) is 5.51. The summed E-state index contributed by atoms with van der Waals surface area (Å²) >= 11 is 0. The smallest absolute Gasteiger partial charge is 0.339 e. The number of aromatic carboxylic acids is 1. The molecule has 24 heavy (non-hydrogen) atoms. The SMILES string of the molecule is CCc1oc(C(=O)Nc2ccc(OCC(F)F)cc2)cc1C(=O)O. The average Bonchev–Trinajstić information content (AvgIpc) is 2.99. The van der Waals surface area contributed by atoms with Crippen LogP contribution in [0.4, 0.5) is 14.5 Å². The van der Waals surface area contributed by atoms with Crippen molar-refractivity contribution in [1.82, 2.24) is 0 Å². The van der Waals surface area contributed by atoms with Crippen LogP contribution in [-0.2, 0) is 6.42 Å². The number of carbonyl (C=O) groups is 2. The van der Waals surface area contributed by atoms with E-state index in [1.54, 1.807) is 6.92 Å². The minimum atomic E-state index is -2.57. The first-order valence-electron chi connectivity index (χ1n) is 7.09. The number of rotatable bonds is 7. The zero-order valence-electron chi connectivity index (χ0n) is 12.7. The van der Waals surface area contributed by atoms with Crippen molar-refractivity contribution in [2.24, 2.45) is 0 Å². The molecule has 0 aliphatic heterocycles. The van der Waals surface area contributed by atoms with Crippen LogP contribution in [0.1, 0.15) is 33.6 Å². The average molecular weight is 339 g/mol. The molecule has 0 radical (unpaired) electrons. The fourth-order valence-electron chi connectivity index (χ4n) is 1.97. The Morgan fingerprint density at radius 2 is 1.96 bits per heavy atom. The van der Waals surface area contributed by atoms with E-state index >= 15 is 0 Å². The fraction of sp³-hybridized carbons (Fsp3) is 0.250. The van der Waals surface area contributed by atoms with Gasteiger partial charge < -0.3 is 19.6 Å². The van der Waals surface area contributed by atoms with Crippen LogP contribution in [0.3, 0.4) is 0 Å². The summed E-state index contributed by atoms with van der Waals surface area (Å²) in [4.78, 5) is 23.2. The van der Waals surface area contributed by atoms with Crippen molar-refractivity contribution < 1.29 is 32.6 Å². The van der Waals surface area contributed by atoms with Crippen molar-refractivity contribution in [3.63, 3.8) is 0 Å². The molecule has 1 aromatic heterocycles. The van der Waals surface area contributed by atoms with Crippen LogP contribution in [-0.4, -0.2) is 30.0 Å². The molecule has 128 valence electrons. The Labute approximate surface area is 136 Å². The van der Waals surface area contributed by atoms with Crippen LogP contribution in [0.5, 0.6) is 5.75 Å². The fourth-order valence-corrected chi connectivity index (χ4v) is 1.97. The first kappa shape index (κ1) is 17.5. The highest BCUT2D eigenvalue weighted by molar-refractivity contribution is 6.04. The molecule has 0 saturated carbocycles. The number of benzene rings is 1.